The minimum Gasteiger partial charge on any atom is -0.366 e. The van der Waals surface area contributed by atoms with Crippen molar-refractivity contribution >= 4 is 0 Å². The Labute approximate surface area is 45.1 Å². The molecule has 0 saturated carbocycles. The number of hydrogen-bond donors (Lipinski definition) is 3. The van der Waals surface area contributed by atoms with Crippen molar-refractivity contribution in [3.05, 3.63) is 0 Å². The molecule has 0 aliphatic carbocycles. The lowest BCUT2D eigenvalue weighted by molar-refractivity contribution is -0.441. The van der Waals surface area contributed by atoms with E-state index in [1.807, 2.05) is 0 Å². The lowest BCUT2D eigenvalue weighted by atomic mass is 10.7. The number of aliphatic hydroxyl groups excluding tert-OH is 1. The first-order valence-electron chi connectivity index (χ1n) is 2.05. The molecular formula is C3H6O5. The maximum Gasteiger partial charge on any atom is 0.410 e. The molecule has 48 valence electrons. The van der Waals surface area contributed by atoms with Crippen LogP contribution in [0.3, 0.4) is 0 Å². The molecule has 0 spiro atoms. The van der Waals surface area contributed by atoms with Gasteiger partial charge in [0.15, 0.2) is 6.29 Å². The van der Waals surface area contributed by atoms with Crippen LogP contribution in [0.1, 0.15) is 0 Å². The predicted molar refractivity (Wildman–Crippen MR) is 20.2 cm³/mol. The molecular weight excluding hydrogens is 116 g/mol. The molecule has 0 aromatic rings. The Bertz CT molecular complexity index is 89.7. The highest BCUT2D eigenvalue weighted by Crippen LogP contribution is 2.14. The maximum absolute atomic E-state index is 8.40. The van der Waals surface area contributed by atoms with Crippen LogP contribution < -0.4 is 0 Å². The second-order valence-electron chi connectivity index (χ2n) is 1.43. The van der Waals surface area contributed by atoms with Crippen molar-refractivity contribution < 1.29 is 24.8 Å². The summed E-state index contributed by atoms with van der Waals surface area (Å²) in [6, 6.07) is 0. The first kappa shape index (κ1) is 5.93. The third-order valence-corrected chi connectivity index (χ3v) is 0.703. The average Bonchev–Trinajstić information content (AvgIpc) is 1.82. The van der Waals surface area contributed by atoms with Crippen LogP contribution in [-0.4, -0.2) is 34.4 Å². The van der Waals surface area contributed by atoms with Crippen LogP contribution in [0.15, 0.2) is 0 Å². The average molecular weight is 122 g/mol. The third kappa shape index (κ3) is 1.15. The van der Waals surface area contributed by atoms with Crippen LogP contribution in [0.25, 0.3) is 0 Å². The highest BCUT2D eigenvalue weighted by atomic mass is 17.0. The normalized spacial score (nSPS) is 35.6. The van der Waals surface area contributed by atoms with Crippen molar-refractivity contribution in [1.82, 2.24) is 0 Å². The Kier molecular flexibility index (Phi) is 1.22. The van der Waals surface area contributed by atoms with Gasteiger partial charge in [-0.15, -0.1) is 0 Å². The van der Waals surface area contributed by atoms with Gasteiger partial charge in [-0.05, 0) is 0 Å². The summed E-state index contributed by atoms with van der Waals surface area (Å²) in [4.78, 5) is 0. The molecule has 1 heterocycles. The molecule has 1 atom stereocenters. The lowest BCUT2D eigenvalue weighted by Crippen LogP contribution is -2.29. The molecule has 1 aliphatic heterocycles. The molecule has 1 rings (SSSR count). The smallest absolute Gasteiger partial charge is 0.366 e. The minimum atomic E-state index is -2.58. The van der Waals surface area contributed by atoms with Gasteiger partial charge in [0.2, 0.25) is 0 Å². The van der Waals surface area contributed by atoms with Crippen LogP contribution in [-0.2, 0) is 9.47 Å². The van der Waals surface area contributed by atoms with Gasteiger partial charge in [0.05, 0.1) is 0 Å². The fourth-order valence-electron chi connectivity index (χ4n) is 0.425. The zero-order valence-corrected chi connectivity index (χ0v) is 3.94. The maximum atomic E-state index is 8.40. The van der Waals surface area contributed by atoms with E-state index in [2.05, 4.69) is 9.47 Å². The van der Waals surface area contributed by atoms with Crippen molar-refractivity contribution in [1.29, 1.82) is 0 Å². The van der Waals surface area contributed by atoms with Gasteiger partial charge in [-0.1, -0.05) is 0 Å². The van der Waals surface area contributed by atoms with E-state index in [4.69, 9.17) is 15.3 Å². The summed E-state index contributed by atoms with van der Waals surface area (Å²) in [5.41, 5.74) is 0. The quantitative estimate of drug-likeness (QED) is 0.322. The van der Waals surface area contributed by atoms with Crippen molar-refractivity contribution in [2.45, 2.75) is 12.4 Å². The second-order valence-corrected chi connectivity index (χ2v) is 1.43. The van der Waals surface area contributed by atoms with Crippen molar-refractivity contribution in [2.24, 2.45) is 0 Å². The van der Waals surface area contributed by atoms with Gasteiger partial charge in [-0.2, -0.15) is 0 Å². The van der Waals surface area contributed by atoms with Crippen LogP contribution >= 0.6 is 0 Å². The van der Waals surface area contributed by atoms with Gasteiger partial charge in [-0.25, -0.2) is 0 Å². The van der Waals surface area contributed by atoms with Crippen molar-refractivity contribution in [2.75, 3.05) is 6.61 Å². The fourth-order valence-corrected chi connectivity index (χ4v) is 0.425. The van der Waals surface area contributed by atoms with Crippen LogP contribution in [0.5, 0.6) is 0 Å². The van der Waals surface area contributed by atoms with E-state index in [9.17, 15) is 0 Å². The minimum absolute atomic E-state index is 0.215. The van der Waals surface area contributed by atoms with Crippen molar-refractivity contribution in [3.8, 4) is 0 Å². The van der Waals surface area contributed by atoms with Crippen molar-refractivity contribution in [3.63, 3.8) is 0 Å². The largest absolute Gasteiger partial charge is 0.410 e. The van der Waals surface area contributed by atoms with E-state index >= 15 is 0 Å². The number of ether oxygens (including phenoxy) is 2. The summed E-state index contributed by atoms with van der Waals surface area (Å²) >= 11 is 0. The summed E-state index contributed by atoms with van der Waals surface area (Å²) in [6.07, 6.45) is -3.82. The van der Waals surface area contributed by atoms with E-state index in [0.717, 1.165) is 0 Å². The van der Waals surface area contributed by atoms with Gasteiger partial charge in [0, 0.05) is 0 Å². The molecule has 1 unspecified atom stereocenters. The molecule has 5 nitrogen and oxygen atoms in total. The van der Waals surface area contributed by atoms with Crippen LogP contribution in [0, 0.1) is 0 Å². The van der Waals surface area contributed by atoms with Crippen LogP contribution in [0.4, 0.5) is 0 Å². The van der Waals surface area contributed by atoms with E-state index in [-0.39, 0.29) is 6.61 Å². The summed E-state index contributed by atoms with van der Waals surface area (Å²) in [5.74, 6) is 0. The zero-order chi connectivity index (χ0) is 6.20. The van der Waals surface area contributed by atoms with Gasteiger partial charge in [-0.3, -0.25) is 9.47 Å². The molecule has 1 aliphatic rings. The van der Waals surface area contributed by atoms with Gasteiger partial charge >= 0.3 is 6.16 Å². The van der Waals surface area contributed by atoms with E-state index in [1.165, 1.54) is 0 Å². The van der Waals surface area contributed by atoms with E-state index in [0.29, 0.717) is 0 Å². The SMILES string of the molecule is OC1COC(O)(O)O1. The van der Waals surface area contributed by atoms with Gasteiger partial charge < -0.3 is 15.3 Å². The number of hydrogen-bond acceptors (Lipinski definition) is 5. The zero-order valence-electron chi connectivity index (χ0n) is 3.94. The molecule has 0 bridgehead atoms. The first-order valence-corrected chi connectivity index (χ1v) is 2.05. The Hall–Kier alpha value is -0.200. The molecule has 1 fully saturated rings. The molecule has 0 aromatic carbocycles. The molecule has 0 amide bonds. The molecule has 8 heavy (non-hydrogen) atoms. The monoisotopic (exact) mass is 122 g/mol. The van der Waals surface area contributed by atoms with Gasteiger partial charge in [0.1, 0.15) is 6.61 Å². The standard InChI is InChI=1S/C3H6O5/c4-2-1-7-3(5,6)8-2/h2,4-6H,1H2. The molecule has 5 heteroatoms. The lowest BCUT2D eigenvalue weighted by Gasteiger charge is -2.09. The second kappa shape index (κ2) is 1.64. The Balaban J connectivity index is 2.44. The van der Waals surface area contributed by atoms with Gasteiger partial charge in [0.25, 0.3) is 0 Å². The topological polar surface area (TPSA) is 79.2 Å². The number of aliphatic hydroxyl groups is 3. The highest BCUT2D eigenvalue weighted by Gasteiger charge is 2.37. The summed E-state index contributed by atoms with van der Waals surface area (Å²) < 4.78 is 8.08. The molecule has 1 saturated heterocycles. The molecule has 0 radical (unpaired) electrons. The third-order valence-electron chi connectivity index (χ3n) is 0.703. The predicted octanol–water partition coefficient (Wildman–Crippen LogP) is -2.05. The highest BCUT2D eigenvalue weighted by molar-refractivity contribution is 4.47. The summed E-state index contributed by atoms with van der Waals surface area (Å²) in [5, 5.41) is 25.0. The van der Waals surface area contributed by atoms with E-state index < -0.39 is 12.4 Å². The Morgan fingerprint density at radius 2 is 2.12 bits per heavy atom. The number of rotatable bonds is 0. The first-order chi connectivity index (χ1) is 3.60. The van der Waals surface area contributed by atoms with Crippen LogP contribution in [0.2, 0.25) is 0 Å². The van der Waals surface area contributed by atoms with E-state index in [1.54, 1.807) is 0 Å². The molecule has 0 aromatic heterocycles. The summed E-state index contributed by atoms with van der Waals surface area (Å²) in [6.45, 7) is -0.215. The Morgan fingerprint density at radius 1 is 1.50 bits per heavy atom. The summed E-state index contributed by atoms with van der Waals surface area (Å²) in [7, 11) is 0. The Morgan fingerprint density at radius 3 is 2.25 bits per heavy atom. The fraction of sp³-hybridized carbons (Fsp3) is 1.00. The molecule has 3 N–H and O–H groups in total.